The van der Waals surface area contributed by atoms with Gasteiger partial charge in [-0.2, -0.15) is 5.26 Å². The summed E-state index contributed by atoms with van der Waals surface area (Å²) >= 11 is 0. The van der Waals surface area contributed by atoms with Crippen LogP contribution in [0.1, 0.15) is 34.3 Å². The van der Waals surface area contributed by atoms with Crippen molar-refractivity contribution in [1.82, 2.24) is 20.1 Å². The number of carbonyl (C=O) groups excluding carboxylic acids is 1. The third kappa shape index (κ3) is 4.64. The van der Waals surface area contributed by atoms with Crippen molar-refractivity contribution < 1.29 is 9.53 Å². The number of hydrogen-bond donors (Lipinski definition) is 2. The van der Waals surface area contributed by atoms with Crippen LogP contribution in [0.5, 0.6) is 0 Å². The molecule has 0 fully saturated rings. The number of nitriles is 1. The molecule has 3 rings (SSSR count). The lowest BCUT2D eigenvalue weighted by Crippen LogP contribution is -2.25. The first-order valence-electron chi connectivity index (χ1n) is 9.60. The molecule has 0 saturated heterocycles. The van der Waals surface area contributed by atoms with E-state index < -0.39 is 0 Å². The van der Waals surface area contributed by atoms with Gasteiger partial charge >= 0.3 is 0 Å². The first-order valence-corrected chi connectivity index (χ1v) is 9.60. The number of nitrogens with zero attached hydrogens (tertiary/aromatic N) is 3. The molecule has 2 aromatic heterocycles. The molecular weight excluding hydrogens is 382 g/mol. The van der Waals surface area contributed by atoms with Gasteiger partial charge in [-0.1, -0.05) is 6.07 Å². The number of rotatable bonds is 8. The van der Waals surface area contributed by atoms with Gasteiger partial charge in [0.25, 0.3) is 11.5 Å². The van der Waals surface area contributed by atoms with Crippen LogP contribution in [0.25, 0.3) is 16.9 Å². The lowest BCUT2D eigenvalue weighted by Gasteiger charge is -2.06. The Morgan fingerprint density at radius 3 is 2.77 bits per heavy atom. The summed E-state index contributed by atoms with van der Waals surface area (Å²) in [4.78, 5) is 29.3. The van der Waals surface area contributed by atoms with Crippen LogP contribution in [0.15, 0.2) is 47.5 Å². The van der Waals surface area contributed by atoms with Crippen LogP contribution in [0.3, 0.4) is 0 Å². The normalized spacial score (nSPS) is 10.6. The molecule has 0 aliphatic carbocycles. The minimum atomic E-state index is -0.259. The molecule has 30 heavy (non-hydrogen) atoms. The smallest absolute Gasteiger partial charge is 0.280 e. The van der Waals surface area contributed by atoms with Gasteiger partial charge in [-0.3, -0.25) is 14.7 Å². The SMILES string of the molecule is COCCCCNC(=O)c1ccc(-n2[nH]cc(-c3ccc(C#N)cc3C)c2=O)nc1. The van der Waals surface area contributed by atoms with E-state index in [0.29, 0.717) is 35.7 Å². The highest BCUT2D eigenvalue weighted by atomic mass is 16.5. The molecule has 0 aliphatic rings. The van der Waals surface area contributed by atoms with Crippen molar-refractivity contribution in [3.63, 3.8) is 0 Å². The van der Waals surface area contributed by atoms with Gasteiger partial charge in [0, 0.05) is 32.7 Å². The van der Waals surface area contributed by atoms with E-state index in [1.165, 1.54) is 10.9 Å². The van der Waals surface area contributed by atoms with Crippen LogP contribution >= 0.6 is 0 Å². The fourth-order valence-corrected chi connectivity index (χ4v) is 3.10. The number of carbonyl (C=O) groups is 1. The van der Waals surface area contributed by atoms with Crippen LogP contribution in [0.2, 0.25) is 0 Å². The lowest BCUT2D eigenvalue weighted by atomic mass is 10.0. The second-order valence-corrected chi connectivity index (χ2v) is 6.83. The van der Waals surface area contributed by atoms with Gasteiger partial charge in [0.1, 0.15) is 0 Å². The maximum atomic E-state index is 12.9. The molecule has 1 amide bonds. The molecule has 0 bridgehead atoms. The Hall–Kier alpha value is -3.70. The second kappa shape index (κ2) is 9.67. The Morgan fingerprint density at radius 1 is 1.27 bits per heavy atom. The number of unbranched alkanes of at least 4 members (excludes halogenated alkanes) is 1. The van der Waals surface area contributed by atoms with E-state index in [4.69, 9.17) is 10.00 Å². The topological polar surface area (TPSA) is 113 Å². The highest BCUT2D eigenvalue weighted by molar-refractivity contribution is 5.93. The number of methoxy groups -OCH3 is 1. The fraction of sp³-hybridized carbons (Fsp3) is 0.273. The average Bonchev–Trinajstić information content (AvgIpc) is 3.14. The lowest BCUT2D eigenvalue weighted by molar-refractivity contribution is 0.0951. The van der Waals surface area contributed by atoms with Crippen LogP contribution in [0.4, 0.5) is 0 Å². The number of H-pyrrole nitrogens is 1. The number of ether oxygens (including phenoxy) is 1. The van der Waals surface area contributed by atoms with E-state index >= 15 is 0 Å². The minimum Gasteiger partial charge on any atom is -0.385 e. The van der Waals surface area contributed by atoms with Gasteiger partial charge in [-0.15, -0.1) is 0 Å². The molecule has 8 heteroatoms. The third-order valence-corrected chi connectivity index (χ3v) is 4.72. The Bertz CT molecular complexity index is 1120. The molecule has 1 aromatic carbocycles. The highest BCUT2D eigenvalue weighted by Crippen LogP contribution is 2.21. The molecule has 0 unspecified atom stereocenters. The van der Waals surface area contributed by atoms with Crippen molar-refractivity contribution in [3.05, 3.63) is 69.8 Å². The summed E-state index contributed by atoms with van der Waals surface area (Å²) in [6.07, 6.45) is 4.77. The number of pyridine rings is 1. The van der Waals surface area contributed by atoms with E-state index in [1.807, 2.05) is 6.92 Å². The summed E-state index contributed by atoms with van der Waals surface area (Å²) in [6, 6.07) is 10.5. The van der Waals surface area contributed by atoms with Gasteiger partial charge in [0.2, 0.25) is 0 Å². The molecular formula is C22H23N5O3. The number of nitrogens with one attached hydrogen (secondary N) is 2. The minimum absolute atomic E-state index is 0.209. The Morgan fingerprint density at radius 2 is 2.10 bits per heavy atom. The van der Waals surface area contributed by atoms with Crippen molar-refractivity contribution in [3.8, 4) is 23.0 Å². The number of hydrogen-bond acceptors (Lipinski definition) is 5. The van der Waals surface area contributed by atoms with Crippen molar-refractivity contribution >= 4 is 5.91 Å². The molecule has 0 radical (unpaired) electrons. The molecule has 0 aliphatic heterocycles. The molecule has 2 heterocycles. The summed E-state index contributed by atoms with van der Waals surface area (Å²) in [5.74, 6) is 0.174. The summed E-state index contributed by atoms with van der Waals surface area (Å²) in [6.45, 7) is 3.09. The number of aromatic amines is 1. The number of benzene rings is 1. The van der Waals surface area contributed by atoms with E-state index in [9.17, 15) is 9.59 Å². The first-order chi connectivity index (χ1) is 14.5. The van der Waals surface area contributed by atoms with Gasteiger partial charge in [0.15, 0.2) is 5.82 Å². The van der Waals surface area contributed by atoms with Crippen LogP contribution in [-0.2, 0) is 4.74 Å². The predicted molar refractivity (Wildman–Crippen MR) is 113 cm³/mol. The first kappa shape index (κ1) is 21.0. The van der Waals surface area contributed by atoms with Crippen LogP contribution < -0.4 is 10.9 Å². The molecule has 0 saturated carbocycles. The largest absolute Gasteiger partial charge is 0.385 e. The van der Waals surface area contributed by atoms with E-state index in [0.717, 1.165) is 24.0 Å². The quantitative estimate of drug-likeness (QED) is 0.559. The van der Waals surface area contributed by atoms with Crippen LogP contribution in [0, 0.1) is 18.3 Å². The predicted octanol–water partition coefficient (Wildman–Crippen LogP) is 2.56. The Labute approximate surface area is 174 Å². The van der Waals surface area contributed by atoms with Gasteiger partial charge in [-0.25, -0.2) is 9.67 Å². The second-order valence-electron chi connectivity index (χ2n) is 6.83. The van der Waals surface area contributed by atoms with Crippen LogP contribution in [-0.4, -0.2) is 40.9 Å². The number of amides is 1. The Balaban J connectivity index is 1.74. The Kier molecular flexibility index (Phi) is 6.78. The summed E-state index contributed by atoms with van der Waals surface area (Å²) < 4.78 is 6.30. The highest BCUT2D eigenvalue weighted by Gasteiger charge is 2.14. The van der Waals surface area contributed by atoms with E-state index in [2.05, 4.69) is 21.5 Å². The molecule has 154 valence electrons. The van der Waals surface area contributed by atoms with Gasteiger partial charge < -0.3 is 10.1 Å². The molecule has 3 aromatic rings. The zero-order valence-corrected chi connectivity index (χ0v) is 16.9. The molecule has 8 nitrogen and oxygen atoms in total. The van der Waals surface area contributed by atoms with Crippen molar-refractivity contribution in [2.24, 2.45) is 0 Å². The monoisotopic (exact) mass is 405 g/mol. The fourth-order valence-electron chi connectivity index (χ4n) is 3.10. The third-order valence-electron chi connectivity index (χ3n) is 4.72. The molecule has 0 spiro atoms. The van der Waals surface area contributed by atoms with Crippen molar-refractivity contribution in [2.75, 3.05) is 20.3 Å². The molecule has 0 atom stereocenters. The van der Waals surface area contributed by atoms with Crippen molar-refractivity contribution in [1.29, 1.82) is 5.26 Å². The zero-order valence-electron chi connectivity index (χ0n) is 16.9. The number of aromatic nitrogens is 3. The maximum Gasteiger partial charge on any atom is 0.280 e. The van der Waals surface area contributed by atoms with E-state index in [1.54, 1.807) is 43.6 Å². The number of aryl methyl sites for hydroxylation is 1. The van der Waals surface area contributed by atoms with Gasteiger partial charge in [-0.05, 0) is 55.2 Å². The summed E-state index contributed by atoms with van der Waals surface area (Å²) in [5, 5.41) is 14.8. The average molecular weight is 405 g/mol. The summed E-state index contributed by atoms with van der Waals surface area (Å²) in [5.41, 5.74) is 2.78. The zero-order chi connectivity index (χ0) is 21.5. The standard InChI is InChI=1S/C22H23N5O3/c1-15-11-16(12-23)5-7-18(15)19-14-26-27(22(19)29)20-8-6-17(13-25-20)21(28)24-9-3-4-10-30-2/h5-8,11,13-14,26H,3-4,9-10H2,1-2H3,(H,24,28). The van der Waals surface area contributed by atoms with Gasteiger partial charge in [0.05, 0.1) is 22.8 Å². The maximum absolute atomic E-state index is 12.9. The van der Waals surface area contributed by atoms with E-state index in [-0.39, 0.29) is 11.5 Å². The van der Waals surface area contributed by atoms with Crippen molar-refractivity contribution in [2.45, 2.75) is 19.8 Å². The molecule has 2 N–H and O–H groups in total. The summed E-state index contributed by atoms with van der Waals surface area (Å²) in [7, 11) is 1.65.